The third-order valence-corrected chi connectivity index (χ3v) is 6.75. The van der Waals surface area contributed by atoms with Crippen molar-refractivity contribution in [3.05, 3.63) is 0 Å². The van der Waals surface area contributed by atoms with Gasteiger partial charge in [0.05, 0.1) is 0 Å². The SMILES string of the molecule is CC(CNC1C2(C)CCC(C2)C1(C)C)S(C)=O. The van der Waals surface area contributed by atoms with Crippen molar-refractivity contribution in [3.8, 4) is 0 Å². The molecule has 0 radical (unpaired) electrons. The van der Waals surface area contributed by atoms with Crippen molar-refractivity contribution in [2.75, 3.05) is 12.8 Å². The first kappa shape index (κ1) is 13.5. The minimum Gasteiger partial charge on any atom is -0.312 e. The number of nitrogens with one attached hydrogen (secondary N) is 1. The van der Waals surface area contributed by atoms with E-state index in [2.05, 4.69) is 33.0 Å². The van der Waals surface area contributed by atoms with Gasteiger partial charge in [0.15, 0.2) is 0 Å². The molecule has 5 atom stereocenters. The third-order valence-electron chi connectivity index (χ3n) is 5.45. The van der Waals surface area contributed by atoms with Gasteiger partial charge in [-0.1, -0.05) is 20.8 Å². The van der Waals surface area contributed by atoms with Gasteiger partial charge in [0.1, 0.15) is 0 Å². The zero-order valence-corrected chi connectivity index (χ0v) is 12.7. The van der Waals surface area contributed by atoms with E-state index in [9.17, 15) is 4.21 Å². The van der Waals surface area contributed by atoms with Crippen LogP contribution in [0.4, 0.5) is 0 Å². The summed E-state index contributed by atoms with van der Waals surface area (Å²) < 4.78 is 11.4. The Bertz CT molecular complexity index is 323. The number of fused-ring (bicyclic) bond motifs is 2. The molecule has 0 heterocycles. The van der Waals surface area contributed by atoms with Gasteiger partial charge in [-0.25, -0.2) is 0 Å². The molecule has 0 spiro atoms. The fourth-order valence-corrected chi connectivity index (χ4v) is 4.54. The molecule has 2 aliphatic rings. The molecule has 3 heteroatoms. The zero-order chi connectivity index (χ0) is 12.8. The lowest BCUT2D eigenvalue weighted by Crippen LogP contribution is -2.52. The molecular formula is C14H27NOS. The van der Waals surface area contributed by atoms with Gasteiger partial charge in [-0.05, 0) is 42.9 Å². The lowest BCUT2D eigenvalue weighted by Gasteiger charge is -2.43. The molecular weight excluding hydrogens is 230 g/mol. The van der Waals surface area contributed by atoms with E-state index in [1.165, 1.54) is 19.3 Å². The Morgan fingerprint density at radius 2 is 2.06 bits per heavy atom. The van der Waals surface area contributed by atoms with Gasteiger partial charge >= 0.3 is 0 Å². The predicted molar refractivity (Wildman–Crippen MR) is 74.5 cm³/mol. The van der Waals surface area contributed by atoms with Crippen LogP contribution in [0.2, 0.25) is 0 Å². The second kappa shape index (κ2) is 4.34. The van der Waals surface area contributed by atoms with Crippen LogP contribution in [0.25, 0.3) is 0 Å². The Hall–Kier alpha value is 0.110. The fraction of sp³-hybridized carbons (Fsp3) is 1.00. The first-order valence-corrected chi connectivity index (χ1v) is 8.45. The molecule has 17 heavy (non-hydrogen) atoms. The van der Waals surface area contributed by atoms with Gasteiger partial charge in [-0.2, -0.15) is 0 Å². The summed E-state index contributed by atoms with van der Waals surface area (Å²) in [5.74, 6) is 0.882. The van der Waals surface area contributed by atoms with Crippen LogP contribution in [0.15, 0.2) is 0 Å². The molecule has 0 amide bonds. The average Bonchev–Trinajstić information content (AvgIpc) is 2.68. The summed E-state index contributed by atoms with van der Waals surface area (Å²) >= 11 is 0. The van der Waals surface area contributed by atoms with Crippen molar-refractivity contribution in [1.82, 2.24) is 5.32 Å². The van der Waals surface area contributed by atoms with Crippen molar-refractivity contribution in [2.24, 2.45) is 16.7 Å². The van der Waals surface area contributed by atoms with Crippen LogP contribution in [-0.2, 0) is 10.8 Å². The first-order valence-electron chi connectivity index (χ1n) is 6.83. The van der Waals surface area contributed by atoms with E-state index >= 15 is 0 Å². The zero-order valence-electron chi connectivity index (χ0n) is 11.9. The van der Waals surface area contributed by atoms with Crippen molar-refractivity contribution in [1.29, 1.82) is 0 Å². The lowest BCUT2D eigenvalue weighted by atomic mass is 9.68. The molecule has 2 rings (SSSR count). The molecule has 2 aliphatic carbocycles. The summed E-state index contributed by atoms with van der Waals surface area (Å²) in [4.78, 5) is 0. The van der Waals surface area contributed by atoms with Crippen LogP contribution in [-0.4, -0.2) is 28.3 Å². The standard InChI is InChI=1S/C14H27NOS/c1-10(17(5)16)9-15-12-13(2,3)11-6-7-14(12,4)8-11/h10-12,15H,6-9H2,1-5H3. The molecule has 2 nitrogen and oxygen atoms in total. The van der Waals surface area contributed by atoms with Crippen LogP contribution in [0.5, 0.6) is 0 Å². The number of hydrogen-bond acceptors (Lipinski definition) is 2. The maximum atomic E-state index is 11.4. The second-order valence-electron chi connectivity index (χ2n) is 7.07. The van der Waals surface area contributed by atoms with Gasteiger partial charge in [0.25, 0.3) is 0 Å². The summed E-state index contributed by atoms with van der Waals surface area (Å²) in [6.07, 6.45) is 5.95. The van der Waals surface area contributed by atoms with Crippen LogP contribution < -0.4 is 5.32 Å². The van der Waals surface area contributed by atoms with Gasteiger partial charge in [0, 0.05) is 34.9 Å². The van der Waals surface area contributed by atoms with E-state index in [1.54, 1.807) is 6.26 Å². The molecule has 0 aromatic rings. The van der Waals surface area contributed by atoms with Gasteiger partial charge < -0.3 is 5.32 Å². The van der Waals surface area contributed by atoms with Gasteiger partial charge in [-0.15, -0.1) is 0 Å². The molecule has 0 saturated heterocycles. The average molecular weight is 257 g/mol. The summed E-state index contributed by atoms with van der Waals surface area (Å²) in [5.41, 5.74) is 0.880. The lowest BCUT2D eigenvalue weighted by molar-refractivity contribution is 0.110. The Balaban J connectivity index is 2.03. The molecule has 0 aromatic carbocycles. The number of hydrogen-bond donors (Lipinski definition) is 1. The number of rotatable bonds is 4. The molecule has 0 aromatic heterocycles. The molecule has 100 valence electrons. The molecule has 0 aliphatic heterocycles. The van der Waals surface area contributed by atoms with Crippen LogP contribution in [0.3, 0.4) is 0 Å². The highest BCUT2D eigenvalue weighted by molar-refractivity contribution is 7.84. The highest BCUT2D eigenvalue weighted by Gasteiger charge is 2.58. The second-order valence-corrected chi connectivity index (χ2v) is 8.87. The summed E-state index contributed by atoms with van der Waals surface area (Å²) in [6.45, 7) is 10.2. The highest BCUT2D eigenvalue weighted by Crippen LogP contribution is 2.62. The van der Waals surface area contributed by atoms with Gasteiger partial charge in [0.2, 0.25) is 0 Å². The van der Waals surface area contributed by atoms with E-state index in [1.807, 2.05) is 0 Å². The molecule has 1 N–H and O–H groups in total. The largest absolute Gasteiger partial charge is 0.312 e. The monoisotopic (exact) mass is 257 g/mol. The normalized spacial score (nSPS) is 42.6. The van der Waals surface area contributed by atoms with E-state index in [4.69, 9.17) is 0 Å². The van der Waals surface area contributed by atoms with E-state index in [0.717, 1.165) is 12.5 Å². The minimum absolute atomic E-state index is 0.258. The van der Waals surface area contributed by atoms with Crippen LogP contribution in [0.1, 0.15) is 47.0 Å². The van der Waals surface area contributed by atoms with Crippen molar-refractivity contribution in [2.45, 2.75) is 58.2 Å². The molecule has 2 fully saturated rings. The molecule has 2 saturated carbocycles. The van der Waals surface area contributed by atoms with E-state index in [-0.39, 0.29) is 5.25 Å². The molecule has 5 unspecified atom stereocenters. The van der Waals surface area contributed by atoms with E-state index < -0.39 is 10.8 Å². The topological polar surface area (TPSA) is 29.1 Å². The first-order chi connectivity index (χ1) is 7.77. The highest BCUT2D eigenvalue weighted by atomic mass is 32.2. The van der Waals surface area contributed by atoms with Gasteiger partial charge in [-0.3, -0.25) is 4.21 Å². The van der Waals surface area contributed by atoms with Crippen LogP contribution in [0, 0.1) is 16.7 Å². The summed E-state index contributed by atoms with van der Waals surface area (Å²) in [6, 6.07) is 0.597. The maximum absolute atomic E-state index is 11.4. The molecule has 2 bridgehead atoms. The smallest absolute Gasteiger partial charge is 0.0441 e. The van der Waals surface area contributed by atoms with Crippen molar-refractivity contribution < 1.29 is 4.21 Å². The van der Waals surface area contributed by atoms with Crippen molar-refractivity contribution in [3.63, 3.8) is 0 Å². The summed E-state index contributed by atoms with van der Waals surface area (Å²) in [7, 11) is -0.713. The summed E-state index contributed by atoms with van der Waals surface area (Å²) in [5, 5.41) is 3.99. The quantitative estimate of drug-likeness (QED) is 0.838. The predicted octanol–water partition coefficient (Wildman–Crippen LogP) is 2.56. The fourth-order valence-electron chi connectivity index (χ4n) is 4.21. The third kappa shape index (κ3) is 2.21. The van der Waals surface area contributed by atoms with E-state index in [0.29, 0.717) is 16.9 Å². The Morgan fingerprint density at radius 3 is 2.53 bits per heavy atom. The Morgan fingerprint density at radius 1 is 1.41 bits per heavy atom. The Labute approximate surface area is 108 Å². The maximum Gasteiger partial charge on any atom is 0.0441 e. The van der Waals surface area contributed by atoms with Crippen LogP contribution >= 0.6 is 0 Å². The minimum atomic E-state index is -0.713. The van der Waals surface area contributed by atoms with Crippen molar-refractivity contribution >= 4 is 10.8 Å². The Kier molecular flexibility index (Phi) is 3.46.